The van der Waals surface area contributed by atoms with E-state index < -0.39 is 0 Å². The van der Waals surface area contributed by atoms with E-state index in [1.165, 1.54) is 4.88 Å². The molecule has 3 nitrogen and oxygen atoms in total. The largest absolute Gasteiger partial charge is 0.340 e. The maximum Gasteiger partial charge on any atom is 0.142 e. The van der Waals surface area contributed by atoms with Gasteiger partial charge in [0.25, 0.3) is 0 Å². The molecular formula is C13H10BrN3S. The lowest BCUT2D eigenvalue weighted by Gasteiger charge is -2.06. The SMILES string of the molecule is Cc1cc2c(Nc3cccc(Br)c3)ncnc2s1. The topological polar surface area (TPSA) is 37.8 Å². The van der Waals surface area contributed by atoms with Gasteiger partial charge in [-0.2, -0.15) is 0 Å². The van der Waals surface area contributed by atoms with Crippen molar-refractivity contribution in [3.63, 3.8) is 0 Å². The Morgan fingerprint density at radius 3 is 2.94 bits per heavy atom. The number of aromatic nitrogens is 2. The van der Waals surface area contributed by atoms with Crippen molar-refractivity contribution in [3.8, 4) is 0 Å². The molecule has 1 aromatic carbocycles. The predicted octanol–water partition coefficient (Wildman–Crippen LogP) is 4.51. The zero-order valence-electron chi connectivity index (χ0n) is 9.64. The van der Waals surface area contributed by atoms with Crippen molar-refractivity contribution in [2.45, 2.75) is 6.92 Å². The lowest BCUT2D eigenvalue weighted by Crippen LogP contribution is -1.94. The minimum atomic E-state index is 0.849. The molecule has 3 rings (SSSR count). The minimum Gasteiger partial charge on any atom is -0.340 e. The van der Waals surface area contributed by atoms with Crippen molar-refractivity contribution in [1.82, 2.24) is 9.97 Å². The van der Waals surface area contributed by atoms with E-state index in [9.17, 15) is 0 Å². The maximum absolute atomic E-state index is 4.31. The first kappa shape index (κ1) is 11.6. The van der Waals surface area contributed by atoms with Gasteiger partial charge in [0.15, 0.2) is 0 Å². The Bertz CT molecular complexity index is 708. The molecule has 5 heteroatoms. The molecule has 0 radical (unpaired) electrons. The van der Waals surface area contributed by atoms with E-state index in [-0.39, 0.29) is 0 Å². The van der Waals surface area contributed by atoms with Crippen molar-refractivity contribution < 1.29 is 0 Å². The van der Waals surface area contributed by atoms with E-state index in [4.69, 9.17) is 0 Å². The third kappa shape index (κ3) is 2.23. The summed E-state index contributed by atoms with van der Waals surface area (Å²) in [6.07, 6.45) is 1.60. The van der Waals surface area contributed by atoms with Gasteiger partial charge in [0, 0.05) is 15.0 Å². The summed E-state index contributed by atoms with van der Waals surface area (Å²) >= 11 is 5.14. The van der Waals surface area contributed by atoms with Crippen molar-refractivity contribution in [1.29, 1.82) is 0 Å². The van der Waals surface area contributed by atoms with Gasteiger partial charge in [-0.15, -0.1) is 11.3 Å². The lowest BCUT2D eigenvalue weighted by molar-refractivity contribution is 1.23. The molecule has 0 aliphatic rings. The number of aryl methyl sites for hydroxylation is 1. The summed E-state index contributed by atoms with van der Waals surface area (Å²) in [5.41, 5.74) is 1.01. The standard InChI is InChI=1S/C13H10BrN3S/c1-8-5-11-12(15-7-16-13(11)18-8)17-10-4-2-3-9(14)6-10/h2-7H,1H3,(H,15,16,17). The molecule has 0 saturated heterocycles. The third-order valence-corrected chi connectivity index (χ3v) is 3.99. The van der Waals surface area contributed by atoms with Gasteiger partial charge in [0.2, 0.25) is 0 Å². The monoisotopic (exact) mass is 319 g/mol. The van der Waals surface area contributed by atoms with Crippen LogP contribution in [-0.4, -0.2) is 9.97 Å². The molecular weight excluding hydrogens is 310 g/mol. The van der Waals surface area contributed by atoms with Crippen molar-refractivity contribution >= 4 is 49.0 Å². The Morgan fingerprint density at radius 2 is 2.11 bits per heavy atom. The highest BCUT2D eigenvalue weighted by Crippen LogP contribution is 2.29. The van der Waals surface area contributed by atoms with Crippen LogP contribution in [0.3, 0.4) is 0 Å². The fourth-order valence-electron chi connectivity index (χ4n) is 1.78. The molecule has 0 atom stereocenters. The highest BCUT2D eigenvalue weighted by molar-refractivity contribution is 9.10. The Morgan fingerprint density at radius 1 is 1.22 bits per heavy atom. The van der Waals surface area contributed by atoms with Crippen LogP contribution in [0, 0.1) is 6.92 Å². The number of rotatable bonds is 2. The fourth-order valence-corrected chi connectivity index (χ4v) is 3.03. The van der Waals surface area contributed by atoms with Crippen LogP contribution >= 0.6 is 27.3 Å². The summed E-state index contributed by atoms with van der Waals surface area (Å²) in [6, 6.07) is 10.1. The lowest BCUT2D eigenvalue weighted by atomic mass is 10.3. The second-order valence-corrected chi connectivity index (χ2v) is 6.08. The number of nitrogens with zero attached hydrogens (tertiary/aromatic N) is 2. The van der Waals surface area contributed by atoms with Crippen LogP contribution in [0.15, 0.2) is 41.1 Å². The molecule has 18 heavy (non-hydrogen) atoms. The zero-order chi connectivity index (χ0) is 12.5. The minimum absolute atomic E-state index is 0.849. The number of hydrogen-bond donors (Lipinski definition) is 1. The van der Waals surface area contributed by atoms with Gasteiger partial charge in [-0.1, -0.05) is 22.0 Å². The van der Waals surface area contributed by atoms with Crippen LogP contribution < -0.4 is 5.32 Å². The van der Waals surface area contributed by atoms with Crippen LogP contribution in [0.25, 0.3) is 10.2 Å². The number of fused-ring (bicyclic) bond motifs is 1. The molecule has 90 valence electrons. The zero-order valence-corrected chi connectivity index (χ0v) is 12.0. The summed E-state index contributed by atoms with van der Waals surface area (Å²) in [7, 11) is 0. The molecule has 0 fully saturated rings. The second-order valence-electron chi connectivity index (χ2n) is 3.93. The number of thiophene rings is 1. The Labute approximate surface area is 117 Å². The average molecular weight is 320 g/mol. The first-order valence-corrected chi connectivity index (χ1v) is 7.07. The highest BCUT2D eigenvalue weighted by atomic mass is 79.9. The van der Waals surface area contributed by atoms with Gasteiger partial charge in [0.05, 0.1) is 5.39 Å². The van der Waals surface area contributed by atoms with Crippen molar-refractivity contribution in [2.75, 3.05) is 5.32 Å². The van der Waals surface area contributed by atoms with E-state index in [2.05, 4.69) is 44.2 Å². The van der Waals surface area contributed by atoms with E-state index in [0.717, 1.165) is 26.2 Å². The molecule has 0 aliphatic carbocycles. The maximum atomic E-state index is 4.31. The van der Waals surface area contributed by atoms with E-state index in [1.807, 2.05) is 24.3 Å². The molecule has 0 aliphatic heterocycles. The van der Waals surface area contributed by atoms with Crippen LogP contribution in [-0.2, 0) is 0 Å². The Kier molecular flexibility index (Phi) is 3.01. The summed E-state index contributed by atoms with van der Waals surface area (Å²) in [6.45, 7) is 2.08. The van der Waals surface area contributed by atoms with E-state index in [0.29, 0.717) is 0 Å². The molecule has 0 spiro atoms. The van der Waals surface area contributed by atoms with Crippen LogP contribution in [0.4, 0.5) is 11.5 Å². The number of hydrogen-bond acceptors (Lipinski definition) is 4. The van der Waals surface area contributed by atoms with Gasteiger partial charge >= 0.3 is 0 Å². The molecule has 0 unspecified atom stereocenters. The summed E-state index contributed by atoms with van der Waals surface area (Å²) < 4.78 is 1.04. The molecule has 1 N–H and O–H groups in total. The van der Waals surface area contributed by atoms with Crippen LogP contribution in [0.5, 0.6) is 0 Å². The van der Waals surface area contributed by atoms with Gasteiger partial charge in [-0.25, -0.2) is 9.97 Å². The van der Waals surface area contributed by atoms with Gasteiger partial charge in [0.1, 0.15) is 17.0 Å². The van der Waals surface area contributed by atoms with Crippen LogP contribution in [0.2, 0.25) is 0 Å². The molecule has 0 saturated carbocycles. The molecule has 0 bridgehead atoms. The molecule has 3 aromatic rings. The summed E-state index contributed by atoms with van der Waals surface area (Å²) in [4.78, 5) is 10.8. The van der Waals surface area contributed by atoms with Crippen molar-refractivity contribution in [2.24, 2.45) is 0 Å². The first-order chi connectivity index (χ1) is 8.72. The van der Waals surface area contributed by atoms with Gasteiger partial charge < -0.3 is 5.32 Å². The Balaban J connectivity index is 2.04. The van der Waals surface area contributed by atoms with Crippen molar-refractivity contribution in [3.05, 3.63) is 46.0 Å². The summed E-state index contributed by atoms with van der Waals surface area (Å²) in [5, 5.41) is 4.40. The van der Waals surface area contributed by atoms with E-state index in [1.54, 1.807) is 17.7 Å². The number of halogens is 1. The van der Waals surface area contributed by atoms with Crippen LogP contribution in [0.1, 0.15) is 4.88 Å². The number of nitrogens with one attached hydrogen (secondary N) is 1. The molecule has 2 aromatic heterocycles. The Hall–Kier alpha value is -1.46. The molecule has 0 amide bonds. The quantitative estimate of drug-likeness (QED) is 0.755. The average Bonchev–Trinajstić information content (AvgIpc) is 2.71. The first-order valence-electron chi connectivity index (χ1n) is 5.46. The fraction of sp³-hybridized carbons (Fsp3) is 0.0769. The summed E-state index contributed by atoms with van der Waals surface area (Å²) in [5.74, 6) is 0.849. The smallest absolute Gasteiger partial charge is 0.142 e. The third-order valence-electron chi connectivity index (χ3n) is 2.54. The van der Waals surface area contributed by atoms with Gasteiger partial charge in [-0.3, -0.25) is 0 Å². The van der Waals surface area contributed by atoms with E-state index >= 15 is 0 Å². The number of benzene rings is 1. The predicted molar refractivity (Wildman–Crippen MR) is 79.6 cm³/mol. The highest BCUT2D eigenvalue weighted by Gasteiger charge is 2.07. The molecule has 2 heterocycles. The second kappa shape index (κ2) is 4.66. The van der Waals surface area contributed by atoms with Gasteiger partial charge in [-0.05, 0) is 31.2 Å². The number of anilines is 2. The normalized spacial score (nSPS) is 10.8.